The largest absolute Gasteiger partial charge is 0.378 e. The number of piperidine rings is 1. The molecular formula is C66H76N12O11S. The fourth-order valence-corrected chi connectivity index (χ4v) is 23.9. The minimum Gasteiger partial charge on any atom is -0.378 e. The lowest BCUT2D eigenvalue weighted by Gasteiger charge is -2.82. The van der Waals surface area contributed by atoms with Gasteiger partial charge in [-0.15, -0.1) is 0 Å². The van der Waals surface area contributed by atoms with Gasteiger partial charge in [0.25, 0.3) is 39.3 Å². The van der Waals surface area contributed by atoms with Crippen molar-refractivity contribution in [2.75, 3.05) is 108 Å². The van der Waals surface area contributed by atoms with Crippen LogP contribution in [0.1, 0.15) is 49.7 Å². The molecule has 11 rings (SSSR count). The van der Waals surface area contributed by atoms with E-state index < -0.39 is 111 Å². The number of nitrogens with one attached hydrogen (secondary N) is 4. The van der Waals surface area contributed by atoms with E-state index in [1.54, 1.807) is 30.4 Å². The molecule has 23 nitrogen and oxygen atoms in total. The number of piperazine rings is 1. The van der Waals surface area contributed by atoms with Crippen molar-refractivity contribution in [2.45, 2.75) is 59.1 Å². The van der Waals surface area contributed by atoms with Gasteiger partial charge < -0.3 is 62.0 Å². The highest BCUT2D eigenvalue weighted by molar-refractivity contribution is 8.81. The molecule has 0 radical (unpaired) electrons. The molecule has 24 heteroatoms. The highest BCUT2D eigenvalue weighted by Crippen LogP contribution is 2.96. The van der Waals surface area contributed by atoms with E-state index in [2.05, 4.69) is 21.3 Å². The van der Waals surface area contributed by atoms with Gasteiger partial charge in [0, 0.05) is 95.6 Å². The molecule has 8 N–H and O–H groups in total. The normalized spacial score (nSPS) is 25.1. The maximum Gasteiger partial charge on any atom is 0.322 e. The third-order valence-corrected chi connectivity index (χ3v) is 26.1. The molecule has 4 atom stereocenters. The Morgan fingerprint density at radius 2 is 0.822 bits per heavy atom. The first-order chi connectivity index (χ1) is 43.7. The number of benzene rings is 5. The highest BCUT2D eigenvalue weighted by Gasteiger charge is 3.05. The molecule has 6 heterocycles. The lowest BCUT2D eigenvalue weighted by Crippen LogP contribution is -2.99. The predicted octanol–water partition coefficient (Wildman–Crippen LogP) is 5.62. The van der Waals surface area contributed by atoms with E-state index >= 15 is 47.9 Å². The van der Waals surface area contributed by atoms with Crippen molar-refractivity contribution in [2.24, 2.45) is 11.5 Å². The summed E-state index contributed by atoms with van der Waals surface area (Å²) in [6.45, 7) is -4.32. The number of ether oxygens (including phenoxy) is 1. The molecule has 11 amide bonds. The fraction of sp³-hybridized carbons (Fsp3) is 0.364. The number of carbonyl (C=O) groups is 10. The number of hydrogen-bond acceptors (Lipinski definition) is 12. The summed E-state index contributed by atoms with van der Waals surface area (Å²) in [5, 5.41) is 6.58. The summed E-state index contributed by atoms with van der Waals surface area (Å²) in [6, 6.07) is 34.6. The van der Waals surface area contributed by atoms with Crippen LogP contribution in [0.5, 0.6) is 0 Å². The number of morpholine rings is 1. The molecule has 5 aromatic carbocycles. The first kappa shape index (κ1) is 62.2. The van der Waals surface area contributed by atoms with Gasteiger partial charge in [-0.3, -0.25) is 48.1 Å². The van der Waals surface area contributed by atoms with Gasteiger partial charge in [0.2, 0.25) is 21.3 Å². The van der Waals surface area contributed by atoms with Crippen LogP contribution in [-0.4, -0.2) is 188 Å². The van der Waals surface area contributed by atoms with Crippen LogP contribution in [0, 0.1) is 0 Å². The second kappa shape index (κ2) is 25.2. The van der Waals surface area contributed by atoms with Crippen LogP contribution in [0.4, 0.5) is 36.2 Å². The van der Waals surface area contributed by atoms with Crippen molar-refractivity contribution in [3.8, 4) is 0 Å². The molecule has 6 aliphatic rings. The Morgan fingerprint density at radius 3 is 1.24 bits per heavy atom. The van der Waals surface area contributed by atoms with Crippen molar-refractivity contribution in [3.63, 3.8) is 0 Å². The van der Waals surface area contributed by atoms with Gasteiger partial charge in [-0.2, -0.15) is 0 Å². The number of anilines is 3. The van der Waals surface area contributed by atoms with E-state index in [4.69, 9.17) is 16.2 Å². The Labute approximate surface area is 521 Å². The van der Waals surface area contributed by atoms with E-state index in [9.17, 15) is 0 Å². The van der Waals surface area contributed by atoms with Crippen LogP contribution in [0.25, 0.3) is 0 Å². The van der Waals surface area contributed by atoms with Crippen molar-refractivity contribution < 1.29 is 52.7 Å². The monoisotopic (exact) mass is 1240 g/mol. The van der Waals surface area contributed by atoms with E-state index in [0.717, 1.165) is 19.6 Å². The molecule has 5 fully saturated rings. The molecule has 0 aliphatic carbocycles. The maximum absolute atomic E-state index is 19.5. The summed E-state index contributed by atoms with van der Waals surface area (Å²) in [6.07, 6.45) is 4.77. The Balaban J connectivity index is 1.61. The number of hydrogen-bond donors (Lipinski definition) is 7. The zero-order valence-corrected chi connectivity index (χ0v) is 50.9. The third-order valence-electron chi connectivity index (χ3n) is 18.9. The zero-order valence-electron chi connectivity index (χ0n) is 50.0. The quantitative estimate of drug-likeness (QED) is 0.0482. The predicted molar refractivity (Wildman–Crippen MR) is 341 cm³/mol. The minimum absolute atomic E-state index is 0.0367. The van der Waals surface area contributed by atoms with Crippen LogP contribution in [0.2, 0.25) is 0 Å². The number of para-hydroxylation sites is 3. The molecule has 5 saturated heterocycles. The van der Waals surface area contributed by atoms with Crippen LogP contribution in [0.15, 0.2) is 164 Å². The van der Waals surface area contributed by atoms with Crippen molar-refractivity contribution >= 4 is 83.4 Å². The second-order valence-corrected chi connectivity index (χ2v) is 28.2. The van der Waals surface area contributed by atoms with Gasteiger partial charge in [-0.05, 0) is 95.2 Å². The zero-order chi connectivity index (χ0) is 63.3. The Hall–Kier alpha value is -9.39. The number of likely N-dealkylation sites (tertiary alicyclic amines) is 2. The second-order valence-electron chi connectivity index (χ2n) is 23.4. The molecule has 4 unspecified atom stereocenters. The van der Waals surface area contributed by atoms with E-state index in [1.165, 1.54) is 138 Å². The van der Waals surface area contributed by atoms with Gasteiger partial charge in [0.05, 0.1) is 13.2 Å². The molecule has 0 spiro atoms. The standard InChI is InChI=1S/C66H76N12O11S/c67-53(79)63(48-24-8-1-9-25-48)65(57(83)73-36-18-6-19-37-73,55(81)70-50-28-12-3-13-29-50)90(61(87)76-40-22-23-41-76,62(88)77-44-46-89-47-45-77,59(85)72-52-32-16-5-17-33-52)66(58(84)74-42-34-69-35-43-74,56(82)71-51-30-14-4-15-31-51)64(54(68)80,49-26-10-2-11-27-49)78(63)60(86)75-38-20-7-21-39-75/h1-5,7-17,20,24-33,69,90H,6,18-19,21-23,34-47H2,(H2,67,79)(H2,68,80)(H,70,81)(H,71,82)(H,72,85). The van der Waals surface area contributed by atoms with Gasteiger partial charge in [-0.1, -0.05) is 127 Å². The van der Waals surface area contributed by atoms with Crippen LogP contribution >= 0.6 is 9.16 Å². The number of rotatable bonds is 11. The first-order valence-corrected chi connectivity index (χ1v) is 32.9. The van der Waals surface area contributed by atoms with E-state index in [-0.39, 0.29) is 128 Å². The number of urea groups is 1. The molecule has 5 aromatic rings. The van der Waals surface area contributed by atoms with Crippen LogP contribution in [-0.2, 0) is 44.6 Å². The van der Waals surface area contributed by atoms with Crippen molar-refractivity contribution in [3.05, 3.63) is 175 Å². The Bertz CT molecular complexity index is 3450. The average molecular weight is 1250 g/mol. The summed E-state index contributed by atoms with van der Waals surface area (Å²) < 4.78 is -2.82. The lowest BCUT2D eigenvalue weighted by molar-refractivity contribution is -0.170. The summed E-state index contributed by atoms with van der Waals surface area (Å²) in [5.74, 6) is -10.4. The number of nitrogens with zero attached hydrogens (tertiary/aromatic N) is 6. The summed E-state index contributed by atoms with van der Waals surface area (Å²) in [7, 11) is -8.89. The number of nitrogens with two attached hydrogens (primary N) is 2. The number of thiol groups is 1. The van der Waals surface area contributed by atoms with E-state index in [0.29, 0.717) is 11.3 Å². The number of amides is 11. The molecule has 90 heavy (non-hydrogen) atoms. The molecule has 6 aliphatic heterocycles. The Morgan fingerprint density at radius 1 is 0.433 bits per heavy atom. The topological polar surface area (TPSA) is 300 Å². The SMILES string of the molecule is NC(=O)C1(c2ccccc2)N(C(=O)N2CC=CCC2)C(C(N)=O)(c2ccccc2)C(C(=O)Nc2ccccc2)(C(=O)N2CCNCC2)[SH](C(=O)Nc2ccccc2)(C(=O)N2CCCC2)(C(=O)N2CCOCC2)C1(C(=O)Nc1ccccc1)C(=O)N1CCCCC1. The maximum atomic E-state index is 19.5. The van der Waals surface area contributed by atoms with Crippen LogP contribution in [0.3, 0.4) is 0 Å². The van der Waals surface area contributed by atoms with Gasteiger partial charge >= 0.3 is 6.03 Å². The smallest absolute Gasteiger partial charge is 0.322 e. The summed E-state index contributed by atoms with van der Waals surface area (Å²) in [4.78, 5) is 193. The summed E-state index contributed by atoms with van der Waals surface area (Å²) in [5.41, 5.74) is 5.41. The average Bonchev–Trinajstić information content (AvgIpc) is 0.616. The van der Waals surface area contributed by atoms with Crippen molar-refractivity contribution in [1.82, 2.24) is 34.7 Å². The van der Waals surface area contributed by atoms with Gasteiger partial charge in [0.15, 0.2) is 11.1 Å². The summed E-state index contributed by atoms with van der Waals surface area (Å²) >= 11 is 0. The third kappa shape index (κ3) is 8.83. The Kier molecular flexibility index (Phi) is 17.5. The van der Waals surface area contributed by atoms with Gasteiger partial charge in [-0.25, -0.2) is 4.79 Å². The van der Waals surface area contributed by atoms with Crippen LogP contribution < -0.4 is 32.7 Å². The molecule has 0 aromatic heterocycles. The number of primary amides is 2. The minimum atomic E-state index is -8.89. The first-order valence-electron chi connectivity index (χ1n) is 30.7. The molecule has 0 bridgehead atoms. The van der Waals surface area contributed by atoms with Gasteiger partial charge in [0.1, 0.15) is 0 Å². The number of carbonyl (C=O) groups excluding carboxylic acids is 10. The highest BCUT2D eigenvalue weighted by atomic mass is 32.3. The molecular weight excluding hydrogens is 1170 g/mol. The van der Waals surface area contributed by atoms with Crippen molar-refractivity contribution in [1.29, 1.82) is 0 Å². The molecule has 472 valence electrons. The fourth-order valence-electron chi connectivity index (χ4n) is 15.3. The molecule has 0 saturated carbocycles. The lowest BCUT2D eigenvalue weighted by atomic mass is 9.64. The van der Waals surface area contributed by atoms with E-state index in [1.807, 2.05) is 0 Å².